The van der Waals surface area contributed by atoms with E-state index in [9.17, 15) is 4.79 Å². The predicted octanol–water partition coefficient (Wildman–Crippen LogP) is 3.05. The maximum Gasteiger partial charge on any atom is 0.509 e. The molecule has 14 heavy (non-hydrogen) atoms. The van der Waals surface area contributed by atoms with Gasteiger partial charge in [0, 0.05) is 0 Å². The third kappa shape index (κ3) is 4.30. The fourth-order valence-electron chi connectivity index (χ4n) is 1.37. The molecule has 0 spiro atoms. The van der Waals surface area contributed by atoms with Crippen molar-refractivity contribution in [1.29, 1.82) is 0 Å². The van der Waals surface area contributed by atoms with Gasteiger partial charge in [-0.25, -0.2) is 4.79 Å². The summed E-state index contributed by atoms with van der Waals surface area (Å²) in [6, 6.07) is 0. The zero-order valence-corrected chi connectivity index (χ0v) is 8.70. The van der Waals surface area contributed by atoms with Crippen LogP contribution in [0.15, 0.2) is 12.2 Å². The lowest BCUT2D eigenvalue weighted by Gasteiger charge is -1.98. The highest BCUT2D eigenvalue weighted by Gasteiger charge is 2.21. The highest BCUT2D eigenvalue weighted by molar-refractivity contribution is 5.62. The van der Waals surface area contributed by atoms with Gasteiger partial charge < -0.3 is 9.47 Å². The normalized spacial score (nSPS) is 21.2. The molecule has 0 radical (unpaired) electrons. The predicted molar refractivity (Wildman–Crippen MR) is 54.1 cm³/mol. The van der Waals surface area contributed by atoms with Crippen molar-refractivity contribution in [3.63, 3.8) is 0 Å². The fourth-order valence-corrected chi connectivity index (χ4v) is 1.37. The molecule has 0 aliphatic carbocycles. The van der Waals surface area contributed by atoms with E-state index in [1.54, 1.807) is 0 Å². The fraction of sp³-hybridized carbons (Fsp3) is 0.727. The molecule has 1 aliphatic rings. The van der Waals surface area contributed by atoms with E-state index >= 15 is 0 Å². The van der Waals surface area contributed by atoms with Gasteiger partial charge in [-0.15, -0.1) is 0 Å². The minimum absolute atomic E-state index is 0.159. The smallest absolute Gasteiger partial charge is 0.430 e. The molecule has 1 rings (SSSR count). The SMILES string of the molecule is CCCCCC/C=C\[C@H]1COC(=O)O1. The van der Waals surface area contributed by atoms with Crippen molar-refractivity contribution in [1.82, 2.24) is 0 Å². The Morgan fingerprint density at radius 1 is 1.43 bits per heavy atom. The molecule has 1 fully saturated rings. The van der Waals surface area contributed by atoms with Crippen LogP contribution in [0, 0.1) is 0 Å². The Bertz CT molecular complexity index is 199. The number of unbranched alkanes of at least 4 members (excludes halogenated alkanes) is 4. The third-order valence-corrected chi connectivity index (χ3v) is 2.19. The van der Waals surface area contributed by atoms with Crippen molar-refractivity contribution in [2.45, 2.75) is 45.1 Å². The number of cyclic esters (lactones) is 2. The summed E-state index contributed by atoms with van der Waals surface area (Å²) in [6.07, 6.45) is 9.40. The molecule has 1 saturated heterocycles. The Balaban J connectivity index is 2.00. The molecule has 0 aromatic heterocycles. The van der Waals surface area contributed by atoms with Gasteiger partial charge in [0.1, 0.15) is 6.61 Å². The van der Waals surface area contributed by atoms with E-state index in [1.165, 1.54) is 25.7 Å². The van der Waals surface area contributed by atoms with E-state index in [4.69, 9.17) is 4.74 Å². The molecule has 0 N–H and O–H groups in total. The van der Waals surface area contributed by atoms with Crippen molar-refractivity contribution < 1.29 is 14.3 Å². The Kier molecular flexibility index (Phi) is 5.12. The van der Waals surface area contributed by atoms with Crippen LogP contribution in [0.4, 0.5) is 4.79 Å². The third-order valence-electron chi connectivity index (χ3n) is 2.19. The average molecular weight is 198 g/mol. The summed E-state index contributed by atoms with van der Waals surface area (Å²) in [7, 11) is 0. The monoisotopic (exact) mass is 198 g/mol. The Morgan fingerprint density at radius 3 is 2.93 bits per heavy atom. The number of rotatable bonds is 6. The standard InChI is InChI=1S/C11H18O3/c1-2-3-4-5-6-7-8-10-9-13-11(12)14-10/h7-8,10H,2-6,9H2,1H3/b8-7-/t10-/m0/s1. The van der Waals surface area contributed by atoms with E-state index in [1.807, 2.05) is 6.08 Å². The lowest BCUT2D eigenvalue weighted by molar-refractivity contribution is 0.125. The second-order valence-corrected chi connectivity index (χ2v) is 3.49. The van der Waals surface area contributed by atoms with Gasteiger partial charge in [-0.3, -0.25) is 0 Å². The van der Waals surface area contributed by atoms with Gasteiger partial charge in [0.15, 0.2) is 6.10 Å². The first-order chi connectivity index (χ1) is 6.83. The lowest BCUT2D eigenvalue weighted by Crippen LogP contribution is -2.04. The zero-order valence-electron chi connectivity index (χ0n) is 8.70. The number of allylic oxidation sites excluding steroid dienone is 1. The summed E-state index contributed by atoms with van der Waals surface area (Å²) < 4.78 is 9.49. The quantitative estimate of drug-likeness (QED) is 0.374. The van der Waals surface area contributed by atoms with E-state index < -0.39 is 6.16 Å². The van der Waals surface area contributed by atoms with Crippen LogP contribution in [0.1, 0.15) is 39.0 Å². The van der Waals surface area contributed by atoms with Crippen LogP contribution in [0.2, 0.25) is 0 Å². The Labute approximate surface area is 85.1 Å². The Morgan fingerprint density at radius 2 is 2.29 bits per heavy atom. The minimum Gasteiger partial charge on any atom is -0.430 e. The molecular formula is C11H18O3. The van der Waals surface area contributed by atoms with Crippen molar-refractivity contribution in [2.75, 3.05) is 6.61 Å². The molecule has 0 aromatic carbocycles. The van der Waals surface area contributed by atoms with Crippen LogP contribution < -0.4 is 0 Å². The topological polar surface area (TPSA) is 35.5 Å². The minimum atomic E-state index is -0.550. The molecule has 3 heteroatoms. The Hall–Kier alpha value is -0.990. The zero-order chi connectivity index (χ0) is 10.2. The summed E-state index contributed by atoms with van der Waals surface area (Å²) in [4.78, 5) is 10.5. The van der Waals surface area contributed by atoms with Gasteiger partial charge in [-0.1, -0.05) is 32.3 Å². The summed E-state index contributed by atoms with van der Waals surface area (Å²) in [5, 5.41) is 0. The highest BCUT2D eigenvalue weighted by atomic mass is 16.8. The molecule has 0 unspecified atom stereocenters. The van der Waals surface area contributed by atoms with Crippen molar-refractivity contribution in [3.8, 4) is 0 Å². The first kappa shape index (κ1) is 11.1. The van der Waals surface area contributed by atoms with Gasteiger partial charge in [0.05, 0.1) is 0 Å². The molecular weight excluding hydrogens is 180 g/mol. The van der Waals surface area contributed by atoms with Crippen LogP contribution in [-0.4, -0.2) is 18.9 Å². The van der Waals surface area contributed by atoms with Gasteiger partial charge in [-0.2, -0.15) is 0 Å². The van der Waals surface area contributed by atoms with Gasteiger partial charge in [0.25, 0.3) is 0 Å². The number of carbonyl (C=O) groups excluding carboxylic acids is 1. The van der Waals surface area contributed by atoms with Crippen LogP contribution in [0.3, 0.4) is 0 Å². The first-order valence-corrected chi connectivity index (χ1v) is 5.33. The highest BCUT2D eigenvalue weighted by Crippen LogP contribution is 2.09. The van der Waals surface area contributed by atoms with Gasteiger partial charge in [-0.05, 0) is 18.9 Å². The number of carbonyl (C=O) groups is 1. The summed E-state index contributed by atoms with van der Waals surface area (Å²) >= 11 is 0. The summed E-state index contributed by atoms with van der Waals surface area (Å²) in [5.74, 6) is 0. The number of ether oxygens (including phenoxy) is 2. The maximum atomic E-state index is 10.5. The van der Waals surface area contributed by atoms with E-state index in [-0.39, 0.29) is 6.10 Å². The molecule has 80 valence electrons. The molecule has 0 aromatic rings. The van der Waals surface area contributed by atoms with Gasteiger partial charge in [0.2, 0.25) is 0 Å². The molecule has 0 amide bonds. The van der Waals surface area contributed by atoms with E-state index in [0.717, 1.165) is 6.42 Å². The van der Waals surface area contributed by atoms with E-state index in [2.05, 4.69) is 17.7 Å². The largest absolute Gasteiger partial charge is 0.509 e. The first-order valence-electron chi connectivity index (χ1n) is 5.33. The molecule has 1 heterocycles. The van der Waals surface area contributed by atoms with Crippen molar-refractivity contribution in [3.05, 3.63) is 12.2 Å². The molecule has 0 bridgehead atoms. The molecule has 1 atom stereocenters. The second kappa shape index (κ2) is 6.46. The van der Waals surface area contributed by atoms with Crippen molar-refractivity contribution in [2.24, 2.45) is 0 Å². The number of hydrogen-bond acceptors (Lipinski definition) is 3. The van der Waals surface area contributed by atoms with E-state index in [0.29, 0.717) is 6.61 Å². The summed E-state index contributed by atoms with van der Waals surface area (Å²) in [5.41, 5.74) is 0. The summed E-state index contributed by atoms with van der Waals surface area (Å²) in [6.45, 7) is 2.56. The lowest BCUT2D eigenvalue weighted by atomic mass is 10.1. The van der Waals surface area contributed by atoms with Crippen LogP contribution >= 0.6 is 0 Å². The number of hydrogen-bond donors (Lipinski definition) is 0. The van der Waals surface area contributed by atoms with Crippen LogP contribution in [-0.2, 0) is 9.47 Å². The molecule has 1 aliphatic heterocycles. The molecule has 3 nitrogen and oxygen atoms in total. The van der Waals surface area contributed by atoms with Crippen molar-refractivity contribution >= 4 is 6.16 Å². The van der Waals surface area contributed by atoms with Crippen LogP contribution in [0.25, 0.3) is 0 Å². The second-order valence-electron chi connectivity index (χ2n) is 3.49. The molecule has 0 saturated carbocycles. The van der Waals surface area contributed by atoms with Crippen LogP contribution in [0.5, 0.6) is 0 Å². The van der Waals surface area contributed by atoms with Gasteiger partial charge >= 0.3 is 6.16 Å². The maximum absolute atomic E-state index is 10.5. The average Bonchev–Trinajstić information content (AvgIpc) is 2.58.